The minimum atomic E-state index is -3.91. The van der Waals surface area contributed by atoms with Gasteiger partial charge in [0.25, 0.3) is 5.69 Å². The van der Waals surface area contributed by atoms with Crippen LogP contribution in [0, 0.1) is 10.1 Å². The van der Waals surface area contributed by atoms with E-state index in [-0.39, 0.29) is 29.4 Å². The van der Waals surface area contributed by atoms with Crippen LogP contribution in [0.25, 0.3) is 0 Å². The lowest BCUT2D eigenvalue weighted by molar-refractivity contribution is -0.385. The highest BCUT2D eigenvalue weighted by molar-refractivity contribution is 7.89. The Bertz CT molecular complexity index is 984. The van der Waals surface area contributed by atoms with Crippen LogP contribution in [-0.4, -0.2) is 51.0 Å². The van der Waals surface area contributed by atoms with Gasteiger partial charge in [0, 0.05) is 45.0 Å². The molecular formula is C19H25N5O4S. The minimum absolute atomic E-state index is 0.170. The van der Waals surface area contributed by atoms with Gasteiger partial charge >= 0.3 is 0 Å². The number of sulfonamides is 1. The zero-order valence-electron chi connectivity index (χ0n) is 16.9. The van der Waals surface area contributed by atoms with Crippen molar-refractivity contribution in [3.8, 4) is 0 Å². The summed E-state index contributed by atoms with van der Waals surface area (Å²) in [5.41, 5.74) is 4.43. The van der Waals surface area contributed by atoms with Crippen molar-refractivity contribution in [2.75, 3.05) is 37.5 Å². The molecule has 0 aliphatic rings. The predicted molar refractivity (Wildman–Crippen MR) is 115 cm³/mol. The SMILES string of the molecule is CCN(CC)S(=O)(=O)c1cc([N+](=O)[O-])ccc1NN=Cc1ccc(N(C)C)cc1. The van der Waals surface area contributed by atoms with Crippen LogP contribution in [0.2, 0.25) is 0 Å². The van der Waals surface area contributed by atoms with Crippen LogP contribution in [-0.2, 0) is 10.0 Å². The third kappa shape index (κ3) is 5.30. The molecule has 0 bridgehead atoms. The Hall–Kier alpha value is -2.98. The van der Waals surface area contributed by atoms with Crippen molar-refractivity contribution in [2.24, 2.45) is 5.10 Å². The normalized spacial score (nSPS) is 11.8. The van der Waals surface area contributed by atoms with Gasteiger partial charge in [-0.05, 0) is 23.8 Å². The number of hydrogen-bond donors (Lipinski definition) is 1. The zero-order chi connectivity index (χ0) is 21.6. The van der Waals surface area contributed by atoms with Gasteiger partial charge in [-0.3, -0.25) is 15.5 Å². The molecule has 0 atom stereocenters. The topological polar surface area (TPSA) is 108 Å². The smallest absolute Gasteiger partial charge is 0.270 e. The third-order valence-electron chi connectivity index (χ3n) is 4.31. The molecule has 0 fully saturated rings. The monoisotopic (exact) mass is 419 g/mol. The summed E-state index contributed by atoms with van der Waals surface area (Å²) in [6.07, 6.45) is 1.55. The quantitative estimate of drug-likeness (QED) is 0.380. The van der Waals surface area contributed by atoms with E-state index in [0.717, 1.165) is 17.3 Å². The number of non-ortho nitro benzene ring substituents is 1. The number of nitrogens with one attached hydrogen (secondary N) is 1. The number of nitrogens with zero attached hydrogens (tertiary/aromatic N) is 4. The first-order chi connectivity index (χ1) is 13.7. The van der Waals surface area contributed by atoms with Crippen molar-refractivity contribution in [3.05, 3.63) is 58.1 Å². The predicted octanol–water partition coefficient (Wildman–Crippen LogP) is 3.14. The summed E-state index contributed by atoms with van der Waals surface area (Å²) in [6.45, 7) is 3.92. The largest absolute Gasteiger partial charge is 0.378 e. The number of nitro benzene ring substituents is 1. The van der Waals surface area contributed by atoms with Crippen LogP contribution < -0.4 is 10.3 Å². The molecule has 0 saturated carbocycles. The Balaban J connectivity index is 2.35. The molecule has 10 heteroatoms. The highest BCUT2D eigenvalue weighted by Gasteiger charge is 2.27. The molecule has 0 aliphatic carbocycles. The van der Waals surface area contributed by atoms with E-state index in [0.29, 0.717) is 0 Å². The highest BCUT2D eigenvalue weighted by Crippen LogP contribution is 2.29. The molecule has 2 aromatic rings. The molecule has 156 valence electrons. The zero-order valence-corrected chi connectivity index (χ0v) is 17.7. The van der Waals surface area contributed by atoms with Gasteiger partial charge in [-0.15, -0.1) is 0 Å². The van der Waals surface area contributed by atoms with Crippen molar-refractivity contribution in [1.82, 2.24) is 4.31 Å². The van der Waals surface area contributed by atoms with Crippen molar-refractivity contribution in [2.45, 2.75) is 18.7 Å². The summed E-state index contributed by atoms with van der Waals surface area (Å²) in [7, 11) is -0.0280. The van der Waals surface area contributed by atoms with Gasteiger partial charge in [-0.25, -0.2) is 8.42 Å². The standard InChI is InChI=1S/C19H25N5O4S/c1-5-23(6-2)29(27,28)19-13-17(24(25)26)11-12-18(19)21-20-14-15-7-9-16(10-8-15)22(3)4/h7-14,21H,5-6H2,1-4H3. The third-order valence-corrected chi connectivity index (χ3v) is 6.40. The van der Waals surface area contributed by atoms with E-state index in [1.165, 1.54) is 16.4 Å². The van der Waals surface area contributed by atoms with Crippen LogP contribution in [0.15, 0.2) is 52.5 Å². The Morgan fingerprint density at radius 2 is 1.72 bits per heavy atom. The van der Waals surface area contributed by atoms with Crippen molar-refractivity contribution in [3.63, 3.8) is 0 Å². The van der Waals surface area contributed by atoms with E-state index < -0.39 is 14.9 Å². The Kier molecular flexibility index (Phi) is 7.29. The molecule has 0 heterocycles. The van der Waals surface area contributed by atoms with E-state index in [2.05, 4.69) is 10.5 Å². The summed E-state index contributed by atoms with van der Waals surface area (Å²) in [5, 5.41) is 15.2. The molecule has 2 aromatic carbocycles. The van der Waals surface area contributed by atoms with Crippen LogP contribution in [0.1, 0.15) is 19.4 Å². The molecule has 0 spiro atoms. The Morgan fingerprint density at radius 3 is 2.24 bits per heavy atom. The van der Waals surface area contributed by atoms with Crippen LogP contribution in [0.5, 0.6) is 0 Å². The summed E-state index contributed by atoms with van der Waals surface area (Å²) in [4.78, 5) is 12.3. The second-order valence-electron chi connectivity index (χ2n) is 6.38. The Morgan fingerprint density at radius 1 is 1.10 bits per heavy atom. The van der Waals surface area contributed by atoms with Gasteiger partial charge in [-0.1, -0.05) is 26.0 Å². The first kappa shape index (κ1) is 22.3. The number of hydrazone groups is 1. The van der Waals surface area contributed by atoms with E-state index in [1.54, 1.807) is 20.1 Å². The van der Waals surface area contributed by atoms with Crippen LogP contribution in [0.4, 0.5) is 17.1 Å². The first-order valence-electron chi connectivity index (χ1n) is 9.05. The Labute approximate surface area is 170 Å². The van der Waals surface area contributed by atoms with Gasteiger partial charge in [0.15, 0.2) is 0 Å². The summed E-state index contributed by atoms with van der Waals surface area (Å²) < 4.78 is 27.1. The van der Waals surface area contributed by atoms with Gasteiger partial charge < -0.3 is 4.90 Å². The average molecular weight is 420 g/mol. The molecule has 0 aliphatic heterocycles. The van der Waals surface area contributed by atoms with E-state index in [4.69, 9.17) is 0 Å². The molecule has 0 unspecified atom stereocenters. The van der Waals surface area contributed by atoms with E-state index >= 15 is 0 Å². The van der Waals surface area contributed by atoms with Gasteiger partial charge in [-0.2, -0.15) is 9.41 Å². The minimum Gasteiger partial charge on any atom is -0.378 e. The first-order valence-corrected chi connectivity index (χ1v) is 10.5. The molecule has 0 amide bonds. The molecule has 0 saturated heterocycles. The van der Waals surface area contributed by atoms with E-state index in [9.17, 15) is 18.5 Å². The highest BCUT2D eigenvalue weighted by atomic mass is 32.2. The fourth-order valence-electron chi connectivity index (χ4n) is 2.67. The lowest BCUT2D eigenvalue weighted by atomic mass is 10.2. The number of rotatable bonds is 9. The molecular weight excluding hydrogens is 394 g/mol. The van der Waals surface area contributed by atoms with E-state index in [1.807, 2.05) is 43.3 Å². The second kappa shape index (κ2) is 9.48. The molecule has 0 radical (unpaired) electrons. The average Bonchev–Trinajstić information content (AvgIpc) is 2.69. The molecule has 0 aromatic heterocycles. The maximum Gasteiger partial charge on any atom is 0.270 e. The summed E-state index contributed by atoms with van der Waals surface area (Å²) >= 11 is 0. The second-order valence-corrected chi connectivity index (χ2v) is 8.29. The number of anilines is 2. The fourth-order valence-corrected chi connectivity index (χ4v) is 4.29. The van der Waals surface area contributed by atoms with Crippen LogP contribution in [0.3, 0.4) is 0 Å². The maximum atomic E-state index is 12.9. The number of nitro groups is 1. The number of benzene rings is 2. The molecule has 2 rings (SSSR count). The van der Waals surface area contributed by atoms with Crippen LogP contribution >= 0.6 is 0 Å². The van der Waals surface area contributed by atoms with Crippen molar-refractivity contribution in [1.29, 1.82) is 0 Å². The van der Waals surface area contributed by atoms with Gasteiger partial charge in [0.05, 0.1) is 16.8 Å². The van der Waals surface area contributed by atoms with Crippen molar-refractivity contribution < 1.29 is 13.3 Å². The lowest BCUT2D eigenvalue weighted by Crippen LogP contribution is -2.31. The van der Waals surface area contributed by atoms with Gasteiger partial charge in [0.1, 0.15) is 4.90 Å². The van der Waals surface area contributed by atoms with Crippen molar-refractivity contribution >= 4 is 33.3 Å². The maximum absolute atomic E-state index is 12.9. The molecule has 9 nitrogen and oxygen atoms in total. The molecule has 1 N–H and O–H groups in total. The fraction of sp³-hybridized carbons (Fsp3) is 0.316. The number of hydrogen-bond acceptors (Lipinski definition) is 7. The summed E-state index contributed by atoms with van der Waals surface area (Å²) in [6, 6.07) is 11.3. The summed E-state index contributed by atoms with van der Waals surface area (Å²) in [5.74, 6) is 0. The lowest BCUT2D eigenvalue weighted by Gasteiger charge is -2.20. The molecule has 29 heavy (non-hydrogen) atoms. The van der Waals surface area contributed by atoms with Gasteiger partial charge in [0.2, 0.25) is 10.0 Å².